The Morgan fingerprint density at radius 3 is 2.46 bits per heavy atom. The summed E-state index contributed by atoms with van der Waals surface area (Å²) >= 11 is 1.23. The first-order valence-corrected chi connectivity index (χ1v) is 10.6. The number of nitrogens with zero attached hydrogens (tertiary/aromatic N) is 3. The molecule has 4 rings (SSSR count). The lowest BCUT2D eigenvalue weighted by atomic mass is 10.3. The third-order valence-electron chi connectivity index (χ3n) is 3.81. The molecule has 0 radical (unpaired) electrons. The number of hydrogen-bond donors (Lipinski definition) is 1. The van der Waals surface area contributed by atoms with Crippen LogP contribution >= 0.6 is 11.3 Å². The SMILES string of the molecule is Cc1ccc(S(=O)(=O)Nc2ccc(Oc3cc(-n4cccc4)ncn3)cc2)s1. The van der Waals surface area contributed by atoms with Crippen molar-refractivity contribution in [3.8, 4) is 17.4 Å². The van der Waals surface area contributed by atoms with Crippen LogP contribution in [0.2, 0.25) is 0 Å². The summed E-state index contributed by atoms with van der Waals surface area (Å²) in [6.45, 7) is 1.87. The lowest BCUT2D eigenvalue weighted by Gasteiger charge is -2.09. The minimum Gasteiger partial charge on any atom is -0.439 e. The summed E-state index contributed by atoms with van der Waals surface area (Å²) in [5.74, 6) is 1.61. The molecule has 0 saturated carbocycles. The van der Waals surface area contributed by atoms with Crippen molar-refractivity contribution < 1.29 is 13.2 Å². The van der Waals surface area contributed by atoms with Gasteiger partial charge in [-0.15, -0.1) is 11.3 Å². The highest BCUT2D eigenvalue weighted by atomic mass is 32.2. The van der Waals surface area contributed by atoms with E-state index >= 15 is 0 Å². The zero-order valence-corrected chi connectivity index (χ0v) is 16.4. The molecular formula is C19H16N4O3S2. The maximum Gasteiger partial charge on any atom is 0.271 e. The second kappa shape index (κ2) is 7.45. The summed E-state index contributed by atoms with van der Waals surface area (Å²) in [6, 6.07) is 15.5. The summed E-state index contributed by atoms with van der Waals surface area (Å²) < 4.78 is 35.2. The first kappa shape index (κ1) is 18.2. The molecule has 3 heterocycles. The van der Waals surface area contributed by atoms with Crippen LogP contribution in [0.15, 0.2) is 77.5 Å². The number of benzene rings is 1. The number of nitrogens with one attached hydrogen (secondary N) is 1. The van der Waals surface area contributed by atoms with Crippen LogP contribution in [0.4, 0.5) is 5.69 Å². The molecule has 4 aromatic rings. The molecule has 9 heteroatoms. The fraction of sp³-hybridized carbons (Fsp3) is 0.0526. The Bertz CT molecular complexity index is 1180. The number of thiophene rings is 1. The largest absolute Gasteiger partial charge is 0.439 e. The third kappa shape index (κ3) is 4.05. The van der Waals surface area contributed by atoms with Gasteiger partial charge in [0.05, 0.1) is 0 Å². The molecule has 0 aliphatic rings. The molecule has 3 aromatic heterocycles. The summed E-state index contributed by atoms with van der Waals surface area (Å²) in [5, 5.41) is 0. The minimum absolute atomic E-state index is 0.281. The van der Waals surface area contributed by atoms with E-state index in [0.717, 1.165) is 4.88 Å². The van der Waals surface area contributed by atoms with Crippen molar-refractivity contribution in [2.75, 3.05) is 4.72 Å². The van der Waals surface area contributed by atoms with Crippen LogP contribution in [-0.2, 0) is 10.0 Å². The van der Waals surface area contributed by atoms with Crippen molar-refractivity contribution in [1.29, 1.82) is 0 Å². The van der Waals surface area contributed by atoms with E-state index in [0.29, 0.717) is 23.1 Å². The Morgan fingerprint density at radius 2 is 1.79 bits per heavy atom. The van der Waals surface area contributed by atoms with Crippen LogP contribution in [0.5, 0.6) is 11.6 Å². The van der Waals surface area contributed by atoms with E-state index in [1.165, 1.54) is 17.7 Å². The first-order valence-electron chi connectivity index (χ1n) is 8.32. The van der Waals surface area contributed by atoms with Gasteiger partial charge in [0.25, 0.3) is 10.0 Å². The van der Waals surface area contributed by atoms with E-state index in [2.05, 4.69) is 14.7 Å². The predicted molar refractivity (Wildman–Crippen MR) is 108 cm³/mol. The van der Waals surface area contributed by atoms with E-state index in [1.54, 1.807) is 42.5 Å². The average Bonchev–Trinajstić information content (AvgIpc) is 3.35. The monoisotopic (exact) mass is 412 g/mol. The number of ether oxygens (including phenoxy) is 1. The van der Waals surface area contributed by atoms with Gasteiger partial charge in [0, 0.05) is 29.0 Å². The van der Waals surface area contributed by atoms with Crippen LogP contribution < -0.4 is 9.46 Å². The fourth-order valence-corrected chi connectivity index (χ4v) is 4.83. The first-order chi connectivity index (χ1) is 13.5. The lowest BCUT2D eigenvalue weighted by molar-refractivity contribution is 0.461. The van der Waals surface area contributed by atoms with Gasteiger partial charge in [0.1, 0.15) is 22.1 Å². The van der Waals surface area contributed by atoms with Crippen LogP contribution in [0.25, 0.3) is 5.82 Å². The molecule has 0 unspecified atom stereocenters. The molecule has 0 spiro atoms. The highest BCUT2D eigenvalue weighted by Gasteiger charge is 2.16. The molecule has 7 nitrogen and oxygen atoms in total. The number of hydrogen-bond acceptors (Lipinski definition) is 6. The topological polar surface area (TPSA) is 86.1 Å². The zero-order valence-electron chi connectivity index (χ0n) is 14.8. The van der Waals surface area contributed by atoms with E-state index in [1.807, 2.05) is 36.0 Å². The van der Waals surface area contributed by atoms with Crippen molar-refractivity contribution in [2.45, 2.75) is 11.1 Å². The third-order valence-corrected chi connectivity index (χ3v) is 6.68. The van der Waals surface area contributed by atoms with Gasteiger partial charge >= 0.3 is 0 Å². The smallest absolute Gasteiger partial charge is 0.271 e. The molecule has 0 atom stereocenters. The summed E-state index contributed by atoms with van der Waals surface area (Å²) in [5.41, 5.74) is 0.453. The molecule has 0 bridgehead atoms. The second-order valence-electron chi connectivity index (χ2n) is 5.90. The number of aromatic nitrogens is 3. The van der Waals surface area contributed by atoms with Gasteiger partial charge in [-0.05, 0) is 55.5 Å². The van der Waals surface area contributed by atoms with Gasteiger partial charge in [-0.1, -0.05) is 0 Å². The highest BCUT2D eigenvalue weighted by molar-refractivity contribution is 7.94. The molecule has 0 amide bonds. The Morgan fingerprint density at radius 1 is 1.04 bits per heavy atom. The molecule has 0 aliphatic carbocycles. The molecule has 28 heavy (non-hydrogen) atoms. The number of anilines is 1. The predicted octanol–water partition coefficient (Wildman–Crippen LogP) is 4.23. The van der Waals surface area contributed by atoms with Gasteiger partial charge in [0.15, 0.2) is 0 Å². The van der Waals surface area contributed by atoms with E-state index in [9.17, 15) is 8.42 Å². The molecule has 0 aliphatic heterocycles. The maximum atomic E-state index is 12.4. The summed E-state index contributed by atoms with van der Waals surface area (Å²) in [6.07, 6.45) is 5.18. The van der Waals surface area contributed by atoms with E-state index < -0.39 is 10.0 Å². The normalized spacial score (nSPS) is 11.3. The van der Waals surface area contributed by atoms with Crippen LogP contribution in [-0.4, -0.2) is 23.0 Å². The Balaban J connectivity index is 1.47. The summed E-state index contributed by atoms with van der Waals surface area (Å²) in [4.78, 5) is 9.25. The zero-order chi connectivity index (χ0) is 19.6. The number of aryl methyl sites for hydroxylation is 1. The van der Waals surface area contributed by atoms with Crippen molar-refractivity contribution in [2.24, 2.45) is 0 Å². The Labute approximate surface area is 166 Å². The molecule has 0 saturated heterocycles. The van der Waals surface area contributed by atoms with Crippen LogP contribution in [0, 0.1) is 6.92 Å². The van der Waals surface area contributed by atoms with Crippen LogP contribution in [0.3, 0.4) is 0 Å². The van der Waals surface area contributed by atoms with Gasteiger partial charge in [-0.2, -0.15) is 0 Å². The molecule has 142 valence electrons. The summed E-state index contributed by atoms with van der Waals surface area (Å²) in [7, 11) is -3.59. The Hall–Kier alpha value is -3.17. The van der Waals surface area contributed by atoms with E-state index in [4.69, 9.17) is 4.74 Å². The second-order valence-corrected chi connectivity index (χ2v) is 9.10. The molecule has 0 fully saturated rings. The molecule has 1 N–H and O–H groups in total. The molecular weight excluding hydrogens is 396 g/mol. The number of rotatable bonds is 6. The van der Waals surface area contributed by atoms with Gasteiger partial charge in [-0.3, -0.25) is 4.72 Å². The lowest BCUT2D eigenvalue weighted by Crippen LogP contribution is -2.11. The van der Waals surface area contributed by atoms with Crippen molar-refractivity contribution in [3.05, 3.63) is 78.2 Å². The molecule has 1 aromatic carbocycles. The van der Waals surface area contributed by atoms with Gasteiger partial charge in [-0.25, -0.2) is 18.4 Å². The Kier molecular flexibility index (Phi) is 4.84. The van der Waals surface area contributed by atoms with Gasteiger partial charge in [0.2, 0.25) is 5.88 Å². The number of sulfonamides is 1. The van der Waals surface area contributed by atoms with Crippen LogP contribution in [0.1, 0.15) is 4.88 Å². The standard InChI is InChI=1S/C19H16N4O3S2/c1-14-4-9-19(27-14)28(24,25)22-15-5-7-16(8-6-15)26-18-12-17(20-13-21-18)23-10-2-3-11-23/h2-13,22H,1H3. The van der Waals surface area contributed by atoms with Gasteiger partial charge < -0.3 is 9.30 Å². The van der Waals surface area contributed by atoms with E-state index in [-0.39, 0.29) is 4.21 Å². The quantitative estimate of drug-likeness (QED) is 0.512. The fourth-order valence-electron chi connectivity index (χ4n) is 2.49. The average molecular weight is 412 g/mol. The minimum atomic E-state index is -3.59. The van der Waals surface area contributed by atoms with Crippen molar-refractivity contribution in [1.82, 2.24) is 14.5 Å². The van der Waals surface area contributed by atoms with Crippen molar-refractivity contribution in [3.63, 3.8) is 0 Å². The van der Waals surface area contributed by atoms with Crippen molar-refractivity contribution >= 4 is 27.0 Å². The highest BCUT2D eigenvalue weighted by Crippen LogP contribution is 2.26. The maximum absolute atomic E-state index is 12.4.